The van der Waals surface area contributed by atoms with Gasteiger partial charge in [0.15, 0.2) is 0 Å². The SMILES string of the molecule is Cc1ccc(C2=NN(S(=O)(=O)c3ccccc3)[C@H](c3cc4ccccc4nc3Cl)C2)cc1. The summed E-state index contributed by atoms with van der Waals surface area (Å²) in [6.07, 6.45) is 0.398. The number of hydrogen-bond acceptors (Lipinski definition) is 4. The first-order valence-corrected chi connectivity index (χ1v) is 12.0. The molecule has 0 fully saturated rings. The molecule has 0 saturated carbocycles. The number of aromatic nitrogens is 1. The Labute approximate surface area is 192 Å². The molecule has 7 heteroatoms. The second kappa shape index (κ2) is 8.04. The Bertz CT molecular complexity index is 1440. The Morgan fingerprint density at radius 2 is 1.62 bits per heavy atom. The second-order valence-electron chi connectivity index (χ2n) is 7.78. The molecule has 0 aliphatic carbocycles. The third-order valence-corrected chi connectivity index (χ3v) is 7.61. The van der Waals surface area contributed by atoms with Crippen molar-refractivity contribution in [2.75, 3.05) is 0 Å². The molecule has 2 heterocycles. The summed E-state index contributed by atoms with van der Waals surface area (Å²) in [5, 5.41) is 5.77. The van der Waals surface area contributed by atoms with E-state index >= 15 is 0 Å². The molecule has 1 aliphatic rings. The van der Waals surface area contributed by atoms with Gasteiger partial charge in [0, 0.05) is 17.4 Å². The van der Waals surface area contributed by atoms with Gasteiger partial charge in [-0.3, -0.25) is 0 Å². The molecule has 1 aromatic heterocycles. The molecule has 4 aromatic rings. The number of rotatable bonds is 4. The van der Waals surface area contributed by atoms with Gasteiger partial charge in [-0.15, -0.1) is 0 Å². The smallest absolute Gasteiger partial charge is 0.236 e. The molecule has 0 unspecified atom stereocenters. The molecule has 32 heavy (non-hydrogen) atoms. The summed E-state index contributed by atoms with van der Waals surface area (Å²) in [7, 11) is -3.90. The quantitative estimate of drug-likeness (QED) is 0.364. The highest BCUT2D eigenvalue weighted by atomic mass is 35.5. The van der Waals surface area contributed by atoms with E-state index in [0.717, 1.165) is 22.0 Å². The fourth-order valence-electron chi connectivity index (χ4n) is 3.91. The van der Waals surface area contributed by atoms with E-state index in [9.17, 15) is 8.42 Å². The van der Waals surface area contributed by atoms with Gasteiger partial charge in [0.2, 0.25) is 0 Å². The lowest BCUT2D eigenvalue weighted by Crippen LogP contribution is -2.27. The number of benzene rings is 3. The first-order chi connectivity index (χ1) is 15.4. The molecule has 0 N–H and O–H groups in total. The normalized spacial score (nSPS) is 16.4. The fraction of sp³-hybridized carbons (Fsp3) is 0.120. The van der Waals surface area contributed by atoms with Crippen molar-refractivity contribution < 1.29 is 8.42 Å². The van der Waals surface area contributed by atoms with E-state index in [0.29, 0.717) is 17.7 Å². The number of fused-ring (bicyclic) bond motifs is 1. The van der Waals surface area contributed by atoms with Crippen LogP contribution in [0.25, 0.3) is 10.9 Å². The van der Waals surface area contributed by atoms with Gasteiger partial charge in [0.1, 0.15) is 5.15 Å². The summed E-state index contributed by atoms with van der Waals surface area (Å²) in [5.41, 5.74) is 4.10. The lowest BCUT2D eigenvalue weighted by Gasteiger charge is -2.24. The Hall–Kier alpha value is -3.22. The highest BCUT2D eigenvalue weighted by molar-refractivity contribution is 7.89. The van der Waals surface area contributed by atoms with Crippen LogP contribution in [0, 0.1) is 6.92 Å². The van der Waals surface area contributed by atoms with E-state index in [1.807, 2.05) is 61.5 Å². The number of hydrogen-bond donors (Lipinski definition) is 0. The molecule has 0 saturated heterocycles. The molecule has 0 radical (unpaired) electrons. The maximum Gasteiger partial charge on any atom is 0.279 e. The van der Waals surface area contributed by atoms with Crippen LogP contribution in [-0.2, 0) is 10.0 Å². The Kier molecular flexibility index (Phi) is 5.19. The minimum Gasteiger partial charge on any atom is -0.236 e. The minimum atomic E-state index is -3.90. The van der Waals surface area contributed by atoms with Crippen LogP contribution in [0.4, 0.5) is 0 Å². The number of pyridine rings is 1. The number of para-hydroxylation sites is 1. The third kappa shape index (κ3) is 3.66. The summed E-state index contributed by atoms with van der Waals surface area (Å²) in [6, 6.07) is 25.2. The van der Waals surface area contributed by atoms with Crippen molar-refractivity contribution in [2.45, 2.75) is 24.3 Å². The standard InChI is InChI=1S/C25H20ClN3O2S/c1-17-11-13-18(14-12-17)23-16-24(21-15-19-7-5-6-10-22(19)27-25(21)26)29(28-23)32(30,31)20-8-3-2-4-9-20/h2-15,24H,16H2,1H3/t24-/m0/s1. The van der Waals surface area contributed by atoms with E-state index in [-0.39, 0.29) is 10.0 Å². The van der Waals surface area contributed by atoms with Gasteiger partial charge >= 0.3 is 0 Å². The minimum absolute atomic E-state index is 0.184. The van der Waals surface area contributed by atoms with Crippen molar-refractivity contribution in [3.63, 3.8) is 0 Å². The predicted molar refractivity (Wildman–Crippen MR) is 127 cm³/mol. The number of sulfonamides is 1. The fourth-order valence-corrected chi connectivity index (χ4v) is 5.62. The van der Waals surface area contributed by atoms with Crippen LogP contribution in [0.3, 0.4) is 0 Å². The van der Waals surface area contributed by atoms with E-state index in [2.05, 4.69) is 10.1 Å². The summed E-state index contributed by atoms with van der Waals surface area (Å²) in [5.74, 6) is 0. The van der Waals surface area contributed by atoms with E-state index in [1.54, 1.807) is 30.3 Å². The monoisotopic (exact) mass is 461 g/mol. The van der Waals surface area contributed by atoms with Crippen LogP contribution in [-0.4, -0.2) is 23.5 Å². The van der Waals surface area contributed by atoms with Gasteiger partial charge in [-0.25, -0.2) is 4.98 Å². The van der Waals surface area contributed by atoms with Gasteiger partial charge < -0.3 is 0 Å². The molecular formula is C25H20ClN3O2S. The van der Waals surface area contributed by atoms with Crippen LogP contribution in [0.2, 0.25) is 5.15 Å². The molecule has 5 rings (SSSR count). The number of halogens is 1. The lowest BCUT2D eigenvalue weighted by atomic mass is 9.98. The average Bonchev–Trinajstić information content (AvgIpc) is 3.26. The highest BCUT2D eigenvalue weighted by Gasteiger charge is 2.39. The van der Waals surface area contributed by atoms with Crippen LogP contribution < -0.4 is 0 Å². The number of nitrogens with zero attached hydrogens (tertiary/aromatic N) is 3. The molecule has 3 aromatic carbocycles. The Morgan fingerprint density at radius 3 is 2.38 bits per heavy atom. The zero-order valence-electron chi connectivity index (χ0n) is 17.3. The predicted octanol–water partition coefficient (Wildman–Crippen LogP) is 5.74. The molecule has 0 bridgehead atoms. The molecule has 5 nitrogen and oxygen atoms in total. The van der Waals surface area contributed by atoms with Gasteiger partial charge in [-0.1, -0.05) is 77.8 Å². The van der Waals surface area contributed by atoms with E-state index in [4.69, 9.17) is 11.6 Å². The van der Waals surface area contributed by atoms with Gasteiger partial charge in [0.25, 0.3) is 10.0 Å². The maximum absolute atomic E-state index is 13.6. The van der Waals surface area contributed by atoms with E-state index < -0.39 is 16.1 Å². The van der Waals surface area contributed by atoms with Gasteiger partial charge in [-0.05, 0) is 36.8 Å². The first-order valence-electron chi connectivity index (χ1n) is 10.2. The van der Waals surface area contributed by atoms with Crippen molar-refractivity contribution in [3.8, 4) is 0 Å². The summed E-state index contributed by atoms with van der Waals surface area (Å²) >= 11 is 6.58. The summed E-state index contributed by atoms with van der Waals surface area (Å²) < 4.78 is 28.3. The van der Waals surface area contributed by atoms with Crippen molar-refractivity contribution in [1.29, 1.82) is 0 Å². The highest BCUT2D eigenvalue weighted by Crippen LogP contribution is 2.40. The summed E-state index contributed by atoms with van der Waals surface area (Å²) in [6.45, 7) is 2.01. The van der Waals surface area contributed by atoms with Crippen molar-refractivity contribution in [3.05, 3.63) is 107 Å². The number of aryl methyl sites for hydroxylation is 1. The van der Waals surface area contributed by atoms with Gasteiger partial charge in [0.05, 0.1) is 22.2 Å². The third-order valence-electron chi connectivity index (χ3n) is 5.61. The molecule has 1 aliphatic heterocycles. The Morgan fingerprint density at radius 1 is 0.938 bits per heavy atom. The average molecular weight is 462 g/mol. The van der Waals surface area contributed by atoms with E-state index in [1.165, 1.54) is 4.41 Å². The van der Waals surface area contributed by atoms with Crippen LogP contribution in [0.15, 0.2) is 94.9 Å². The van der Waals surface area contributed by atoms with Crippen LogP contribution >= 0.6 is 11.6 Å². The summed E-state index contributed by atoms with van der Waals surface area (Å²) in [4.78, 5) is 4.70. The molecular weight excluding hydrogens is 442 g/mol. The maximum atomic E-state index is 13.6. The van der Waals surface area contributed by atoms with Crippen molar-refractivity contribution >= 4 is 38.2 Å². The first kappa shape index (κ1) is 20.7. The van der Waals surface area contributed by atoms with Crippen molar-refractivity contribution in [1.82, 2.24) is 9.40 Å². The van der Waals surface area contributed by atoms with Crippen LogP contribution in [0.1, 0.15) is 29.2 Å². The lowest BCUT2D eigenvalue weighted by molar-refractivity contribution is 0.371. The molecule has 160 valence electrons. The topological polar surface area (TPSA) is 62.6 Å². The van der Waals surface area contributed by atoms with Crippen LogP contribution in [0.5, 0.6) is 0 Å². The zero-order valence-corrected chi connectivity index (χ0v) is 18.9. The molecule has 0 spiro atoms. The Balaban J connectivity index is 1.65. The second-order valence-corrected chi connectivity index (χ2v) is 9.94. The van der Waals surface area contributed by atoms with Gasteiger partial charge in [-0.2, -0.15) is 17.9 Å². The molecule has 1 atom stereocenters. The number of hydrazone groups is 1. The largest absolute Gasteiger partial charge is 0.279 e. The molecule has 0 amide bonds. The van der Waals surface area contributed by atoms with Crippen molar-refractivity contribution in [2.24, 2.45) is 5.10 Å². The zero-order chi connectivity index (χ0) is 22.3.